The number of hydrogen-bond donors (Lipinski definition) is 0. The normalized spacial score (nSPS) is 10.6. The van der Waals surface area contributed by atoms with Gasteiger partial charge in [-0.1, -0.05) is 37.3 Å². The van der Waals surface area contributed by atoms with E-state index < -0.39 is 0 Å². The summed E-state index contributed by atoms with van der Waals surface area (Å²) in [4.78, 5) is 4.66. The second kappa shape index (κ2) is 6.48. The van der Waals surface area contributed by atoms with Gasteiger partial charge >= 0.3 is 0 Å². The third-order valence-corrected chi connectivity index (χ3v) is 3.71. The summed E-state index contributed by atoms with van der Waals surface area (Å²) >= 11 is 0. The number of aromatic nitrogens is 2. The Balaban J connectivity index is 2.12. The third kappa shape index (κ3) is 2.75. The fourth-order valence-corrected chi connectivity index (χ4v) is 2.65. The molecule has 0 radical (unpaired) electrons. The fourth-order valence-electron chi connectivity index (χ4n) is 2.65. The minimum Gasteiger partial charge on any atom is -0.497 e. The van der Waals surface area contributed by atoms with Crippen LogP contribution < -0.4 is 4.74 Å². The van der Waals surface area contributed by atoms with Crippen molar-refractivity contribution in [3.63, 3.8) is 0 Å². The summed E-state index contributed by atoms with van der Waals surface area (Å²) in [7, 11) is 1.69. The minimum absolute atomic E-state index is 0.867. The molecule has 2 aromatic carbocycles. The zero-order chi connectivity index (χ0) is 15.4. The predicted molar refractivity (Wildman–Crippen MR) is 89.9 cm³/mol. The molecular formula is C19H20N2O. The van der Waals surface area contributed by atoms with E-state index in [1.165, 1.54) is 0 Å². The van der Waals surface area contributed by atoms with Gasteiger partial charge < -0.3 is 9.30 Å². The number of imidazole rings is 1. The Bertz CT molecular complexity index is 730. The molecule has 0 aliphatic rings. The number of nitrogens with zero attached hydrogens (tertiary/aromatic N) is 2. The predicted octanol–water partition coefficient (Wildman–Crippen LogP) is 4.64. The first-order valence-electron chi connectivity index (χ1n) is 7.58. The van der Waals surface area contributed by atoms with E-state index in [1.807, 2.05) is 36.7 Å². The molecule has 112 valence electrons. The van der Waals surface area contributed by atoms with Crippen molar-refractivity contribution in [3.8, 4) is 28.3 Å². The monoisotopic (exact) mass is 292 g/mol. The van der Waals surface area contributed by atoms with Crippen molar-refractivity contribution in [2.24, 2.45) is 0 Å². The quantitative estimate of drug-likeness (QED) is 0.685. The summed E-state index contributed by atoms with van der Waals surface area (Å²) in [6.07, 6.45) is 3.01. The Morgan fingerprint density at radius 3 is 2.32 bits per heavy atom. The van der Waals surface area contributed by atoms with Crippen molar-refractivity contribution < 1.29 is 4.74 Å². The number of hydrogen-bond acceptors (Lipinski definition) is 2. The van der Waals surface area contributed by atoms with Gasteiger partial charge in [-0.25, -0.2) is 4.98 Å². The van der Waals surface area contributed by atoms with Gasteiger partial charge in [0.15, 0.2) is 0 Å². The molecule has 0 aliphatic heterocycles. The van der Waals surface area contributed by atoms with Crippen LogP contribution in [-0.2, 0) is 6.54 Å². The number of rotatable bonds is 5. The third-order valence-electron chi connectivity index (χ3n) is 3.71. The van der Waals surface area contributed by atoms with E-state index in [1.54, 1.807) is 7.11 Å². The van der Waals surface area contributed by atoms with Gasteiger partial charge in [0.25, 0.3) is 0 Å². The van der Waals surface area contributed by atoms with E-state index in [9.17, 15) is 0 Å². The summed E-state index contributed by atoms with van der Waals surface area (Å²) in [6, 6.07) is 18.5. The Kier molecular flexibility index (Phi) is 4.24. The Morgan fingerprint density at radius 2 is 1.68 bits per heavy atom. The average Bonchev–Trinajstić information content (AvgIpc) is 3.00. The van der Waals surface area contributed by atoms with E-state index in [0.29, 0.717) is 0 Å². The van der Waals surface area contributed by atoms with Crippen molar-refractivity contribution >= 4 is 0 Å². The van der Waals surface area contributed by atoms with Crippen LogP contribution in [0.1, 0.15) is 13.3 Å². The first-order chi connectivity index (χ1) is 10.8. The zero-order valence-corrected chi connectivity index (χ0v) is 13.0. The molecule has 3 aromatic rings. The number of aryl methyl sites for hydroxylation is 1. The molecule has 0 saturated carbocycles. The topological polar surface area (TPSA) is 27.1 Å². The Hall–Kier alpha value is -2.55. The first kappa shape index (κ1) is 14.4. The average molecular weight is 292 g/mol. The highest BCUT2D eigenvalue weighted by molar-refractivity contribution is 5.78. The van der Waals surface area contributed by atoms with Gasteiger partial charge in [0.2, 0.25) is 0 Å². The van der Waals surface area contributed by atoms with Crippen LogP contribution in [0.3, 0.4) is 0 Å². The Morgan fingerprint density at radius 1 is 0.955 bits per heavy atom. The van der Waals surface area contributed by atoms with Gasteiger partial charge in [0, 0.05) is 17.7 Å². The van der Waals surface area contributed by atoms with Crippen LogP contribution in [0.4, 0.5) is 0 Å². The molecule has 0 fully saturated rings. The second-order valence-electron chi connectivity index (χ2n) is 5.23. The van der Waals surface area contributed by atoms with Crippen molar-refractivity contribution in [1.29, 1.82) is 0 Å². The largest absolute Gasteiger partial charge is 0.497 e. The molecule has 3 heteroatoms. The second-order valence-corrected chi connectivity index (χ2v) is 5.23. The minimum atomic E-state index is 0.867. The number of methoxy groups -OCH3 is 1. The van der Waals surface area contributed by atoms with Crippen molar-refractivity contribution in [2.45, 2.75) is 19.9 Å². The van der Waals surface area contributed by atoms with Gasteiger partial charge in [-0.15, -0.1) is 0 Å². The molecule has 0 spiro atoms. The molecule has 0 bridgehead atoms. The number of ether oxygens (including phenoxy) is 1. The Labute approximate surface area is 131 Å². The van der Waals surface area contributed by atoms with E-state index >= 15 is 0 Å². The van der Waals surface area contributed by atoms with Gasteiger partial charge in [-0.2, -0.15) is 0 Å². The van der Waals surface area contributed by atoms with Crippen LogP contribution in [0.15, 0.2) is 60.9 Å². The lowest BCUT2D eigenvalue weighted by molar-refractivity contribution is 0.415. The zero-order valence-electron chi connectivity index (χ0n) is 13.0. The van der Waals surface area contributed by atoms with Gasteiger partial charge in [0.1, 0.15) is 5.75 Å². The van der Waals surface area contributed by atoms with E-state index in [0.717, 1.165) is 41.2 Å². The molecule has 3 nitrogen and oxygen atoms in total. The molecule has 1 heterocycles. The lowest BCUT2D eigenvalue weighted by atomic mass is 10.0. The SMILES string of the molecule is CCCn1cnc(-c2ccccc2)c1-c1ccc(OC)cc1. The van der Waals surface area contributed by atoms with E-state index in [2.05, 4.69) is 40.7 Å². The van der Waals surface area contributed by atoms with Gasteiger partial charge in [0.05, 0.1) is 24.8 Å². The lowest BCUT2D eigenvalue weighted by Gasteiger charge is -2.10. The molecule has 22 heavy (non-hydrogen) atoms. The van der Waals surface area contributed by atoms with Crippen LogP contribution in [0.25, 0.3) is 22.5 Å². The van der Waals surface area contributed by atoms with Gasteiger partial charge in [-0.05, 0) is 30.7 Å². The highest BCUT2D eigenvalue weighted by Crippen LogP contribution is 2.32. The van der Waals surface area contributed by atoms with Crippen LogP contribution >= 0.6 is 0 Å². The highest BCUT2D eigenvalue weighted by atomic mass is 16.5. The highest BCUT2D eigenvalue weighted by Gasteiger charge is 2.14. The van der Waals surface area contributed by atoms with Gasteiger partial charge in [-0.3, -0.25) is 0 Å². The maximum atomic E-state index is 5.26. The smallest absolute Gasteiger partial charge is 0.118 e. The molecule has 0 atom stereocenters. The molecule has 0 N–H and O–H groups in total. The van der Waals surface area contributed by atoms with Crippen LogP contribution in [-0.4, -0.2) is 16.7 Å². The molecule has 0 aliphatic carbocycles. The summed E-state index contributed by atoms with van der Waals surface area (Å²) < 4.78 is 7.48. The summed E-state index contributed by atoms with van der Waals surface area (Å²) in [6.45, 7) is 3.14. The van der Waals surface area contributed by atoms with E-state index in [4.69, 9.17) is 4.74 Å². The van der Waals surface area contributed by atoms with Crippen LogP contribution in [0, 0.1) is 0 Å². The summed E-state index contributed by atoms with van der Waals surface area (Å²) in [5.74, 6) is 0.867. The molecule has 1 aromatic heterocycles. The van der Waals surface area contributed by atoms with Crippen molar-refractivity contribution in [2.75, 3.05) is 7.11 Å². The molecule has 0 unspecified atom stereocenters. The summed E-state index contributed by atoms with van der Waals surface area (Å²) in [5, 5.41) is 0. The maximum Gasteiger partial charge on any atom is 0.118 e. The fraction of sp³-hybridized carbons (Fsp3) is 0.211. The summed E-state index contributed by atoms with van der Waals surface area (Å²) in [5.41, 5.74) is 4.49. The van der Waals surface area contributed by atoms with Crippen molar-refractivity contribution in [3.05, 3.63) is 60.9 Å². The van der Waals surface area contributed by atoms with Crippen LogP contribution in [0.2, 0.25) is 0 Å². The molecule has 3 rings (SSSR count). The maximum absolute atomic E-state index is 5.26. The van der Waals surface area contributed by atoms with Crippen molar-refractivity contribution in [1.82, 2.24) is 9.55 Å². The molecule has 0 amide bonds. The molecule has 0 saturated heterocycles. The van der Waals surface area contributed by atoms with Crippen LogP contribution in [0.5, 0.6) is 5.75 Å². The first-order valence-corrected chi connectivity index (χ1v) is 7.58. The number of benzene rings is 2. The standard InChI is InChI=1S/C19H20N2O/c1-3-13-21-14-20-18(15-7-5-4-6-8-15)19(21)16-9-11-17(22-2)12-10-16/h4-12,14H,3,13H2,1-2H3. The molecular weight excluding hydrogens is 272 g/mol. The lowest BCUT2D eigenvalue weighted by Crippen LogP contribution is -1.98. The van der Waals surface area contributed by atoms with E-state index in [-0.39, 0.29) is 0 Å².